The molecule has 2 aliphatic heterocycles. The van der Waals surface area contributed by atoms with Crippen molar-refractivity contribution in [2.75, 3.05) is 33.2 Å². The number of carbonyl (C=O) groups excluding carboxylic acids is 2. The molecule has 3 rings (SSSR count). The number of amides is 1. The average molecular weight is 558 g/mol. The molecule has 1 aromatic rings. The number of ether oxygens (including phenoxy) is 6. The van der Waals surface area contributed by atoms with Gasteiger partial charge in [0.05, 0.1) is 20.0 Å². The summed E-state index contributed by atoms with van der Waals surface area (Å²) < 4.78 is 63.6. The number of benzene rings is 1. The number of fused-ring (bicyclic) bond motifs is 1. The van der Waals surface area contributed by atoms with Crippen molar-refractivity contribution in [3.05, 3.63) is 48.6 Å². The number of esters is 1. The van der Waals surface area contributed by atoms with Crippen LogP contribution in [0, 0.1) is 0 Å². The molecule has 0 bridgehead atoms. The first-order chi connectivity index (χ1) is 18.2. The van der Waals surface area contributed by atoms with Gasteiger partial charge in [0.15, 0.2) is 12.6 Å². The predicted molar refractivity (Wildman–Crippen MR) is 133 cm³/mol. The van der Waals surface area contributed by atoms with Crippen LogP contribution in [0.2, 0.25) is 0 Å². The van der Waals surface area contributed by atoms with E-state index >= 15 is 0 Å². The lowest BCUT2D eigenvalue weighted by molar-refractivity contribution is -0.340. The number of hydrogen-bond acceptors (Lipinski definition) is 11. The fraction of sp³-hybridized carbons (Fsp3) is 0.600. The number of methoxy groups -OCH3 is 1. The van der Waals surface area contributed by atoms with Crippen molar-refractivity contribution in [1.82, 2.24) is 5.32 Å². The van der Waals surface area contributed by atoms with Gasteiger partial charge in [0.25, 0.3) is 10.1 Å². The second-order valence-electron chi connectivity index (χ2n) is 8.80. The van der Waals surface area contributed by atoms with Gasteiger partial charge >= 0.3 is 12.1 Å². The SMILES string of the molecule is C=CCOC(=O)N[C@H]1[C@H](OCCCCCC(=O)OC)O[C@@H]2CO[C@H](c3ccccc3)O[C@H]2[C@@H]1OS(C)(=O)=O. The Morgan fingerprint density at radius 1 is 1.16 bits per heavy atom. The van der Waals surface area contributed by atoms with E-state index in [1.165, 1.54) is 13.2 Å². The van der Waals surface area contributed by atoms with Gasteiger partial charge in [-0.1, -0.05) is 49.4 Å². The zero-order chi connectivity index (χ0) is 27.5. The molecule has 2 saturated heterocycles. The highest BCUT2D eigenvalue weighted by Gasteiger charge is 2.53. The van der Waals surface area contributed by atoms with Crippen molar-refractivity contribution in [1.29, 1.82) is 0 Å². The van der Waals surface area contributed by atoms with Crippen LogP contribution in [0.3, 0.4) is 0 Å². The van der Waals surface area contributed by atoms with Crippen molar-refractivity contribution in [3.63, 3.8) is 0 Å². The molecule has 0 radical (unpaired) electrons. The van der Waals surface area contributed by atoms with E-state index in [9.17, 15) is 18.0 Å². The third kappa shape index (κ3) is 9.03. The van der Waals surface area contributed by atoms with Crippen LogP contribution >= 0.6 is 0 Å². The highest BCUT2D eigenvalue weighted by atomic mass is 32.2. The molecule has 2 heterocycles. The van der Waals surface area contributed by atoms with E-state index in [0.29, 0.717) is 25.7 Å². The van der Waals surface area contributed by atoms with E-state index < -0.39 is 53.1 Å². The molecule has 38 heavy (non-hydrogen) atoms. The Balaban J connectivity index is 1.77. The summed E-state index contributed by atoms with van der Waals surface area (Å²) in [4.78, 5) is 23.8. The fourth-order valence-electron chi connectivity index (χ4n) is 4.13. The Morgan fingerprint density at radius 2 is 1.92 bits per heavy atom. The van der Waals surface area contributed by atoms with Gasteiger partial charge < -0.3 is 33.7 Å². The lowest BCUT2D eigenvalue weighted by atomic mass is 9.95. The smallest absolute Gasteiger partial charge is 0.407 e. The summed E-state index contributed by atoms with van der Waals surface area (Å²) in [6.07, 6.45) is -1.13. The first-order valence-electron chi connectivity index (χ1n) is 12.3. The molecular formula is C25H35NO11S. The molecule has 0 unspecified atom stereocenters. The maximum atomic E-state index is 12.5. The van der Waals surface area contributed by atoms with E-state index in [2.05, 4.69) is 16.6 Å². The van der Waals surface area contributed by atoms with Crippen LogP contribution in [0.1, 0.15) is 37.5 Å². The first kappa shape index (κ1) is 30.0. The Kier molecular flexibility index (Phi) is 11.5. The molecule has 0 saturated carbocycles. The number of hydrogen-bond donors (Lipinski definition) is 1. The topological polar surface area (TPSA) is 145 Å². The maximum absolute atomic E-state index is 12.5. The molecule has 6 atom stereocenters. The zero-order valence-corrected chi connectivity index (χ0v) is 22.3. The van der Waals surface area contributed by atoms with E-state index in [1.54, 1.807) is 0 Å². The summed E-state index contributed by atoms with van der Waals surface area (Å²) in [7, 11) is -2.66. The molecule has 12 nitrogen and oxygen atoms in total. The highest BCUT2D eigenvalue weighted by Crippen LogP contribution is 2.36. The van der Waals surface area contributed by atoms with Gasteiger partial charge in [-0.3, -0.25) is 8.98 Å². The van der Waals surface area contributed by atoms with Crippen LogP contribution in [-0.2, 0) is 47.5 Å². The van der Waals surface area contributed by atoms with Crippen LogP contribution in [0.25, 0.3) is 0 Å². The molecule has 1 amide bonds. The van der Waals surface area contributed by atoms with Crippen molar-refractivity contribution in [2.45, 2.75) is 62.6 Å². The minimum absolute atomic E-state index is 0.0603. The van der Waals surface area contributed by atoms with Crippen molar-refractivity contribution < 1.29 is 50.6 Å². The minimum atomic E-state index is -3.99. The van der Waals surface area contributed by atoms with Crippen molar-refractivity contribution in [2.24, 2.45) is 0 Å². The van der Waals surface area contributed by atoms with Gasteiger partial charge in [0.1, 0.15) is 31.0 Å². The number of unbranched alkanes of at least 4 members (excludes halogenated alkanes) is 2. The van der Waals surface area contributed by atoms with E-state index in [-0.39, 0.29) is 25.8 Å². The summed E-state index contributed by atoms with van der Waals surface area (Å²) >= 11 is 0. The standard InChI is InChI=1S/C25H35NO11S/c1-4-14-33-25(28)26-20-22(37-38(3,29)30)21-18(16-34-23(36-21)17-11-7-5-8-12-17)35-24(20)32-15-10-6-9-13-19(27)31-2/h4-5,7-8,11-12,18,20-24H,1,6,9-10,13-16H2,2-3H3,(H,26,28)/t18-,20-,21-,22-,23+,24-/m1/s1. The third-order valence-electron chi connectivity index (χ3n) is 5.85. The van der Waals surface area contributed by atoms with Gasteiger partial charge in [0, 0.05) is 18.6 Å². The fourth-order valence-corrected chi connectivity index (χ4v) is 4.76. The molecule has 2 fully saturated rings. The second kappa shape index (κ2) is 14.6. The summed E-state index contributed by atoms with van der Waals surface area (Å²) in [5, 5.41) is 2.61. The zero-order valence-electron chi connectivity index (χ0n) is 21.5. The summed E-state index contributed by atoms with van der Waals surface area (Å²) in [5.41, 5.74) is 0.726. The van der Waals surface area contributed by atoms with Gasteiger partial charge in [-0.15, -0.1) is 0 Å². The monoisotopic (exact) mass is 557 g/mol. The summed E-state index contributed by atoms with van der Waals surface area (Å²) in [6, 6.07) is 8.02. The molecule has 0 spiro atoms. The van der Waals surface area contributed by atoms with Gasteiger partial charge in [0.2, 0.25) is 0 Å². The van der Waals surface area contributed by atoms with E-state index in [4.69, 9.17) is 27.9 Å². The average Bonchev–Trinajstić information content (AvgIpc) is 2.90. The molecule has 0 aromatic heterocycles. The Morgan fingerprint density at radius 3 is 2.61 bits per heavy atom. The molecule has 1 aromatic carbocycles. The van der Waals surface area contributed by atoms with E-state index in [1.807, 2.05) is 30.3 Å². The van der Waals surface area contributed by atoms with E-state index in [0.717, 1.165) is 11.8 Å². The maximum Gasteiger partial charge on any atom is 0.407 e. The van der Waals surface area contributed by atoms with Crippen LogP contribution < -0.4 is 5.32 Å². The van der Waals surface area contributed by atoms with Gasteiger partial charge in [-0.25, -0.2) is 4.79 Å². The number of nitrogens with one attached hydrogen (secondary N) is 1. The molecular weight excluding hydrogens is 522 g/mol. The first-order valence-corrected chi connectivity index (χ1v) is 14.1. The lowest BCUT2D eigenvalue weighted by Gasteiger charge is -2.48. The Labute approximate surface area is 222 Å². The number of alkyl carbamates (subject to hydrolysis) is 1. The Bertz CT molecular complexity index is 1020. The molecule has 2 aliphatic rings. The molecule has 0 aliphatic carbocycles. The molecule has 13 heteroatoms. The van der Waals surface area contributed by atoms with Crippen molar-refractivity contribution in [3.8, 4) is 0 Å². The third-order valence-corrected chi connectivity index (χ3v) is 6.42. The predicted octanol–water partition coefficient (Wildman–Crippen LogP) is 2.20. The number of carbonyl (C=O) groups is 2. The molecule has 1 N–H and O–H groups in total. The quantitative estimate of drug-likeness (QED) is 0.165. The van der Waals surface area contributed by atoms with Gasteiger partial charge in [-0.2, -0.15) is 8.42 Å². The summed E-state index contributed by atoms with van der Waals surface area (Å²) in [6.45, 7) is 3.73. The van der Waals surface area contributed by atoms with Gasteiger partial charge in [-0.05, 0) is 12.8 Å². The van der Waals surface area contributed by atoms with Crippen LogP contribution in [0.4, 0.5) is 4.79 Å². The largest absolute Gasteiger partial charge is 0.469 e. The van der Waals surface area contributed by atoms with Crippen LogP contribution in [0.5, 0.6) is 0 Å². The normalized spacial score (nSPS) is 27.1. The Hall–Kier alpha value is -2.55. The van der Waals surface area contributed by atoms with Crippen LogP contribution in [-0.4, -0.2) is 84.3 Å². The number of rotatable bonds is 13. The van der Waals surface area contributed by atoms with Crippen LogP contribution in [0.15, 0.2) is 43.0 Å². The summed E-state index contributed by atoms with van der Waals surface area (Å²) in [5.74, 6) is -0.290. The second-order valence-corrected chi connectivity index (χ2v) is 10.4. The highest BCUT2D eigenvalue weighted by molar-refractivity contribution is 7.86. The molecule has 212 valence electrons. The lowest BCUT2D eigenvalue weighted by Crippen LogP contribution is -2.67. The minimum Gasteiger partial charge on any atom is -0.469 e. The van der Waals surface area contributed by atoms with Crippen molar-refractivity contribution >= 4 is 22.2 Å².